The Kier molecular flexibility index (Phi) is 1.96. The third-order valence-corrected chi connectivity index (χ3v) is 1.78. The molecule has 0 spiro atoms. The van der Waals surface area contributed by atoms with Crippen molar-refractivity contribution in [2.24, 2.45) is 0 Å². The number of nitrogens with zero attached hydrogens (tertiary/aromatic N) is 2. The summed E-state index contributed by atoms with van der Waals surface area (Å²) in [5, 5.41) is 6.60. The summed E-state index contributed by atoms with van der Waals surface area (Å²) < 4.78 is 4.95. The fourth-order valence-electron chi connectivity index (χ4n) is 1.08. The van der Waals surface area contributed by atoms with E-state index >= 15 is 0 Å². The first-order chi connectivity index (χ1) is 6.40. The maximum atomic E-state index is 4.95. The van der Waals surface area contributed by atoms with Crippen LogP contribution in [0.15, 0.2) is 30.7 Å². The van der Waals surface area contributed by atoms with Gasteiger partial charge in [-0.15, -0.1) is 0 Å². The van der Waals surface area contributed by atoms with Gasteiger partial charge in [-0.05, 0) is 6.07 Å². The minimum atomic E-state index is 0.618. The number of aromatic amines is 1. The van der Waals surface area contributed by atoms with Gasteiger partial charge in [-0.25, -0.2) is 4.98 Å². The quantitative estimate of drug-likeness (QED) is 0.752. The van der Waals surface area contributed by atoms with Crippen LogP contribution in [0.2, 0.25) is 0 Å². The van der Waals surface area contributed by atoms with E-state index in [1.54, 1.807) is 19.5 Å². The molecule has 0 aliphatic heterocycles. The molecule has 0 bridgehead atoms. The van der Waals surface area contributed by atoms with Crippen LogP contribution in [0.5, 0.6) is 5.88 Å². The third-order valence-electron chi connectivity index (χ3n) is 1.78. The van der Waals surface area contributed by atoms with Gasteiger partial charge in [-0.2, -0.15) is 5.10 Å². The Morgan fingerprint density at radius 1 is 1.23 bits per heavy atom. The Morgan fingerprint density at radius 3 is 2.69 bits per heavy atom. The number of pyridine rings is 1. The van der Waals surface area contributed by atoms with E-state index in [0.29, 0.717) is 5.88 Å². The minimum Gasteiger partial charge on any atom is -0.481 e. The largest absolute Gasteiger partial charge is 0.481 e. The smallest absolute Gasteiger partial charge is 0.212 e. The second kappa shape index (κ2) is 3.26. The van der Waals surface area contributed by atoms with Crippen molar-refractivity contribution in [2.75, 3.05) is 7.11 Å². The molecule has 4 nitrogen and oxygen atoms in total. The molecule has 0 saturated heterocycles. The first kappa shape index (κ1) is 7.79. The SMILES string of the molecule is COc1ccc(-c2cn[nH]c2)cn1. The highest BCUT2D eigenvalue weighted by Gasteiger charge is 1.98. The molecule has 0 atom stereocenters. The van der Waals surface area contributed by atoms with Crippen LogP contribution in [0.25, 0.3) is 11.1 Å². The number of hydrogen-bond donors (Lipinski definition) is 1. The predicted molar refractivity (Wildman–Crippen MR) is 48.4 cm³/mol. The van der Waals surface area contributed by atoms with Crippen molar-refractivity contribution < 1.29 is 4.74 Å². The molecule has 0 aliphatic rings. The Bertz CT molecular complexity index is 366. The van der Waals surface area contributed by atoms with Crippen LogP contribution in [0.4, 0.5) is 0 Å². The minimum absolute atomic E-state index is 0.618. The van der Waals surface area contributed by atoms with Gasteiger partial charge in [-0.3, -0.25) is 5.10 Å². The highest BCUT2D eigenvalue weighted by Crippen LogP contribution is 2.17. The van der Waals surface area contributed by atoms with Gasteiger partial charge in [0.05, 0.1) is 13.3 Å². The Labute approximate surface area is 75.6 Å². The van der Waals surface area contributed by atoms with E-state index in [-0.39, 0.29) is 0 Å². The van der Waals surface area contributed by atoms with Crippen molar-refractivity contribution in [3.8, 4) is 17.0 Å². The second-order valence-electron chi connectivity index (χ2n) is 2.58. The Balaban J connectivity index is 2.33. The number of methoxy groups -OCH3 is 1. The van der Waals surface area contributed by atoms with Gasteiger partial charge < -0.3 is 4.74 Å². The van der Waals surface area contributed by atoms with Crippen molar-refractivity contribution in [2.45, 2.75) is 0 Å². The molecule has 2 aromatic rings. The molecule has 2 rings (SSSR count). The van der Waals surface area contributed by atoms with Gasteiger partial charge in [0.1, 0.15) is 0 Å². The van der Waals surface area contributed by atoms with E-state index in [1.165, 1.54) is 0 Å². The lowest BCUT2D eigenvalue weighted by Gasteiger charge is -1.98. The summed E-state index contributed by atoms with van der Waals surface area (Å²) in [5.74, 6) is 0.618. The van der Waals surface area contributed by atoms with Crippen molar-refractivity contribution in [1.29, 1.82) is 0 Å². The number of rotatable bonds is 2. The maximum absolute atomic E-state index is 4.95. The van der Waals surface area contributed by atoms with E-state index < -0.39 is 0 Å². The normalized spacial score (nSPS) is 9.92. The lowest BCUT2D eigenvalue weighted by Crippen LogP contribution is -1.86. The number of H-pyrrole nitrogens is 1. The number of hydrogen-bond acceptors (Lipinski definition) is 3. The van der Waals surface area contributed by atoms with Gasteiger partial charge in [-0.1, -0.05) is 0 Å². The highest BCUT2D eigenvalue weighted by molar-refractivity contribution is 5.60. The summed E-state index contributed by atoms with van der Waals surface area (Å²) in [6.45, 7) is 0. The number of aromatic nitrogens is 3. The zero-order valence-corrected chi connectivity index (χ0v) is 7.19. The second-order valence-corrected chi connectivity index (χ2v) is 2.58. The Hall–Kier alpha value is -1.84. The molecule has 0 fully saturated rings. The summed E-state index contributed by atoms with van der Waals surface area (Å²) in [7, 11) is 1.60. The lowest BCUT2D eigenvalue weighted by atomic mass is 10.2. The zero-order valence-electron chi connectivity index (χ0n) is 7.19. The first-order valence-corrected chi connectivity index (χ1v) is 3.89. The predicted octanol–water partition coefficient (Wildman–Crippen LogP) is 1.48. The van der Waals surface area contributed by atoms with Crippen LogP contribution in [0.1, 0.15) is 0 Å². The molecule has 66 valence electrons. The summed E-state index contributed by atoms with van der Waals surface area (Å²) in [6, 6.07) is 3.76. The first-order valence-electron chi connectivity index (χ1n) is 3.89. The molecule has 0 aromatic carbocycles. The summed E-state index contributed by atoms with van der Waals surface area (Å²) in [4.78, 5) is 4.09. The van der Waals surface area contributed by atoms with E-state index in [0.717, 1.165) is 11.1 Å². The molecule has 0 saturated carbocycles. The van der Waals surface area contributed by atoms with Crippen LogP contribution in [0, 0.1) is 0 Å². The molecule has 0 radical (unpaired) electrons. The maximum Gasteiger partial charge on any atom is 0.212 e. The monoisotopic (exact) mass is 175 g/mol. The van der Waals surface area contributed by atoms with Crippen molar-refractivity contribution >= 4 is 0 Å². The fourth-order valence-corrected chi connectivity index (χ4v) is 1.08. The van der Waals surface area contributed by atoms with Crippen molar-refractivity contribution in [3.05, 3.63) is 30.7 Å². The molecule has 13 heavy (non-hydrogen) atoms. The summed E-state index contributed by atoms with van der Waals surface area (Å²) in [5.41, 5.74) is 2.05. The van der Waals surface area contributed by atoms with Crippen LogP contribution >= 0.6 is 0 Å². The van der Waals surface area contributed by atoms with Gasteiger partial charge >= 0.3 is 0 Å². The molecule has 0 aliphatic carbocycles. The van der Waals surface area contributed by atoms with Crippen LogP contribution in [-0.2, 0) is 0 Å². The molecule has 4 heteroatoms. The Morgan fingerprint density at radius 2 is 2.15 bits per heavy atom. The van der Waals surface area contributed by atoms with Gasteiger partial charge in [0, 0.05) is 29.6 Å². The molecular formula is C9H9N3O. The molecule has 2 heterocycles. The molecule has 0 amide bonds. The van der Waals surface area contributed by atoms with E-state index in [9.17, 15) is 0 Å². The average molecular weight is 175 g/mol. The van der Waals surface area contributed by atoms with Crippen molar-refractivity contribution in [3.63, 3.8) is 0 Å². The zero-order chi connectivity index (χ0) is 9.10. The highest BCUT2D eigenvalue weighted by atomic mass is 16.5. The third kappa shape index (κ3) is 1.51. The van der Waals surface area contributed by atoms with Crippen LogP contribution in [0.3, 0.4) is 0 Å². The van der Waals surface area contributed by atoms with Gasteiger partial charge in [0.15, 0.2) is 0 Å². The lowest BCUT2D eigenvalue weighted by molar-refractivity contribution is 0.398. The molecule has 1 N–H and O–H groups in total. The van der Waals surface area contributed by atoms with Crippen LogP contribution in [-0.4, -0.2) is 22.3 Å². The number of nitrogens with one attached hydrogen (secondary N) is 1. The van der Waals surface area contributed by atoms with E-state index in [2.05, 4.69) is 15.2 Å². The topological polar surface area (TPSA) is 50.8 Å². The van der Waals surface area contributed by atoms with E-state index in [4.69, 9.17) is 4.74 Å². The van der Waals surface area contributed by atoms with Crippen LogP contribution < -0.4 is 4.74 Å². The summed E-state index contributed by atoms with van der Waals surface area (Å²) in [6.07, 6.45) is 5.33. The van der Waals surface area contributed by atoms with Crippen molar-refractivity contribution in [1.82, 2.24) is 15.2 Å². The van der Waals surface area contributed by atoms with Gasteiger partial charge in [0.2, 0.25) is 5.88 Å². The number of ether oxygens (including phenoxy) is 1. The standard InChI is InChI=1S/C9H9N3O/c1-13-9-3-2-7(4-10-9)8-5-11-12-6-8/h2-6H,1H3,(H,11,12). The van der Waals surface area contributed by atoms with Gasteiger partial charge in [0.25, 0.3) is 0 Å². The fraction of sp³-hybridized carbons (Fsp3) is 0.111. The average Bonchev–Trinajstić information content (AvgIpc) is 2.71. The molecular weight excluding hydrogens is 166 g/mol. The summed E-state index contributed by atoms with van der Waals surface area (Å²) >= 11 is 0. The molecule has 0 unspecified atom stereocenters. The van der Waals surface area contributed by atoms with E-state index in [1.807, 2.05) is 18.3 Å². The molecule has 2 aromatic heterocycles.